The highest BCUT2D eigenvalue weighted by molar-refractivity contribution is 5.34. The van der Waals surface area contributed by atoms with Gasteiger partial charge in [-0.05, 0) is 6.07 Å². The molecule has 1 heterocycles. The standard InChI is InChI=1S/C13H13FN4/c14-13-11(8-15)2-1-3-12(13)9-16-4-6-18-7-5-17-10-18/h1-3,5,7,10,16H,4,6,9H2. The van der Waals surface area contributed by atoms with Crippen molar-refractivity contribution in [3.63, 3.8) is 0 Å². The summed E-state index contributed by atoms with van der Waals surface area (Å²) in [5, 5.41) is 11.9. The molecule has 18 heavy (non-hydrogen) atoms. The minimum absolute atomic E-state index is 0.0870. The number of nitriles is 1. The van der Waals surface area contributed by atoms with E-state index >= 15 is 0 Å². The second-order valence-electron chi connectivity index (χ2n) is 3.87. The number of hydrogen-bond donors (Lipinski definition) is 1. The Labute approximate surface area is 105 Å². The first kappa shape index (κ1) is 12.3. The van der Waals surface area contributed by atoms with Gasteiger partial charge in [-0.15, -0.1) is 0 Å². The molecule has 2 rings (SSSR count). The number of benzene rings is 1. The lowest BCUT2D eigenvalue weighted by Crippen LogP contribution is -2.19. The first-order valence-corrected chi connectivity index (χ1v) is 5.65. The van der Waals surface area contributed by atoms with Crippen LogP contribution in [0.3, 0.4) is 0 Å². The van der Waals surface area contributed by atoms with E-state index in [-0.39, 0.29) is 5.56 Å². The molecule has 1 N–H and O–H groups in total. The van der Waals surface area contributed by atoms with Crippen LogP contribution in [0.4, 0.5) is 4.39 Å². The molecule has 1 aromatic carbocycles. The number of nitrogens with zero attached hydrogens (tertiary/aromatic N) is 3. The van der Waals surface area contributed by atoms with Crippen LogP contribution >= 0.6 is 0 Å². The summed E-state index contributed by atoms with van der Waals surface area (Å²) in [6.07, 6.45) is 5.33. The highest BCUT2D eigenvalue weighted by Crippen LogP contribution is 2.11. The number of hydrogen-bond acceptors (Lipinski definition) is 3. The molecular weight excluding hydrogens is 231 g/mol. The van der Waals surface area contributed by atoms with E-state index in [4.69, 9.17) is 5.26 Å². The first-order valence-electron chi connectivity index (χ1n) is 5.65. The van der Waals surface area contributed by atoms with Crippen LogP contribution in [0.15, 0.2) is 36.9 Å². The van der Waals surface area contributed by atoms with Gasteiger partial charge in [0.1, 0.15) is 11.9 Å². The molecule has 0 amide bonds. The van der Waals surface area contributed by atoms with Gasteiger partial charge < -0.3 is 9.88 Å². The third kappa shape index (κ3) is 2.93. The topological polar surface area (TPSA) is 53.6 Å². The molecule has 0 bridgehead atoms. The average Bonchev–Trinajstić information content (AvgIpc) is 2.89. The van der Waals surface area contributed by atoms with Gasteiger partial charge in [-0.2, -0.15) is 5.26 Å². The predicted molar refractivity (Wildman–Crippen MR) is 65.0 cm³/mol. The number of aromatic nitrogens is 2. The molecule has 0 aliphatic heterocycles. The zero-order valence-electron chi connectivity index (χ0n) is 9.81. The molecule has 0 spiro atoms. The van der Waals surface area contributed by atoms with Crippen molar-refractivity contribution >= 4 is 0 Å². The third-order valence-electron chi connectivity index (χ3n) is 2.62. The predicted octanol–water partition coefficient (Wildman–Crippen LogP) is 1.68. The Balaban J connectivity index is 1.85. The molecule has 0 fully saturated rings. The summed E-state index contributed by atoms with van der Waals surface area (Å²) >= 11 is 0. The van der Waals surface area contributed by atoms with Crippen molar-refractivity contribution in [2.24, 2.45) is 0 Å². The normalized spacial score (nSPS) is 10.2. The molecule has 0 saturated carbocycles. The molecule has 0 aliphatic rings. The van der Waals surface area contributed by atoms with Gasteiger partial charge in [0, 0.05) is 37.6 Å². The summed E-state index contributed by atoms with van der Waals surface area (Å²) in [5.74, 6) is -0.435. The highest BCUT2D eigenvalue weighted by Gasteiger charge is 2.06. The lowest BCUT2D eigenvalue weighted by molar-refractivity contribution is 0.563. The molecule has 4 nitrogen and oxygen atoms in total. The Morgan fingerprint density at radius 3 is 3.06 bits per heavy atom. The van der Waals surface area contributed by atoms with Crippen molar-refractivity contribution in [3.8, 4) is 6.07 Å². The molecule has 0 unspecified atom stereocenters. The average molecular weight is 244 g/mol. The van der Waals surface area contributed by atoms with Gasteiger partial charge >= 0.3 is 0 Å². The molecule has 0 aliphatic carbocycles. The van der Waals surface area contributed by atoms with Crippen LogP contribution in [0.25, 0.3) is 0 Å². The van der Waals surface area contributed by atoms with Crippen LogP contribution in [-0.4, -0.2) is 16.1 Å². The maximum Gasteiger partial charge on any atom is 0.145 e. The van der Waals surface area contributed by atoms with Crippen molar-refractivity contribution in [1.29, 1.82) is 5.26 Å². The fourth-order valence-electron chi connectivity index (χ4n) is 1.65. The summed E-state index contributed by atoms with van der Waals surface area (Å²) in [7, 11) is 0. The van der Waals surface area contributed by atoms with E-state index in [2.05, 4.69) is 10.3 Å². The molecule has 0 radical (unpaired) electrons. The van der Waals surface area contributed by atoms with Crippen molar-refractivity contribution in [2.75, 3.05) is 6.54 Å². The van der Waals surface area contributed by atoms with Crippen molar-refractivity contribution in [2.45, 2.75) is 13.1 Å². The minimum atomic E-state index is -0.435. The molecule has 5 heteroatoms. The largest absolute Gasteiger partial charge is 0.336 e. The Kier molecular flexibility index (Phi) is 4.05. The molecular formula is C13H13FN4. The summed E-state index contributed by atoms with van der Waals surface area (Å²) in [6, 6.07) is 6.68. The van der Waals surface area contributed by atoms with E-state index in [1.807, 2.05) is 16.8 Å². The number of imidazole rings is 1. The maximum atomic E-state index is 13.7. The summed E-state index contributed by atoms with van der Waals surface area (Å²) < 4.78 is 15.6. The van der Waals surface area contributed by atoms with Crippen LogP contribution in [0.2, 0.25) is 0 Å². The fraction of sp³-hybridized carbons (Fsp3) is 0.231. The van der Waals surface area contributed by atoms with Gasteiger partial charge in [-0.1, -0.05) is 12.1 Å². The Hall–Kier alpha value is -2.19. The second kappa shape index (κ2) is 5.94. The van der Waals surface area contributed by atoms with Crippen LogP contribution in [0, 0.1) is 17.1 Å². The lowest BCUT2D eigenvalue weighted by atomic mass is 10.1. The SMILES string of the molecule is N#Cc1cccc(CNCCn2ccnc2)c1F. The van der Waals surface area contributed by atoms with Crippen LogP contribution in [-0.2, 0) is 13.1 Å². The van der Waals surface area contributed by atoms with E-state index in [1.54, 1.807) is 24.7 Å². The smallest absolute Gasteiger partial charge is 0.145 e. The van der Waals surface area contributed by atoms with E-state index in [9.17, 15) is 4.39 Å². The van der Waals surface area contributed by atoms with E-state index in [0.29, 0.717) is 18.7 Å². The monoisotopic (exact) mass is 244 g/mol. The lowest BCUT2D eigenvalue weighted by Gasteiger charge is -2.07. The Morgan fingerprint density at radius 2 is 2.33 bits per heavy atom. The zero-order chi connectivity index (χ0) is 12.8. The van der Waals surface area contributed by atoms with Crippen LogP contribution < -0.4 is 5.32 Å². The van der Waals surface area contributed by atoms with Gasteiger partial charge in [0.2, 0.25) is 0 Å². The van der Waals surface area contributed by atoms with E-state index < -0.39 is 5.82 Å². The molecule has 0 saturated heterocycles. The summed E-state index contributed by atoms with van der Waals surface area (Å²) in [4.78, 5) is 3.94. The highest BCUT2D eigenvalue weighted by atomic mass is 19.1. The Bertz CT molecular complexity index is 543. The zero-order valence-corrected chi connectivity index (χ0v) is 9.81. The van der Waals surface area contributed by atoms with E-state index in [0.717, 1.165) is 6.54 Å². The summed E-state index contributed by atoms with van der Waals surface area (Å²) in [5.41, 5.74) is 0.601. The fourth-order valence-corrected chi connectivity index (χ4v) is 1.65. The van der Waals surface area contributed by atoms with Gasteiger partial charge in [0.05, 0.1) is 11.9 Å². The molecule has 0 atom stereocenters. The van der Waals surface area contributed by atoms with Crippen molar-refractivity contribution in [3.05, 3.63) is 53.9 Å². The van der Waals surface area contributed by atoms with Crippen molar-refractivity contribution in [1.82, 2.24) is 14.9 Å². The summed E-state index contributed by atoms with van der Waals surface area (Å²) in [6.45, 7) is 1.90. The molecule has 92 valence electrons. The maximum absolute atomic E-state index is 13.7. The number of nitrogens with one attached hydrogen (secondary N) is 1. The van der Waals surface area contributed by atoms with Crippen LogP contribution in [0.1, 0.15) is 11.1 Å². The Morgan fingerprint density at radius 1 is 1.44 bits per heavy atom. The van der Waals surface area contributed by atoms with Gasteiger partial charge in [0.15, 0.2) is 0 Å². The quantitative estimate of drug-likeness (QED) is 0.814. The van der Waals surface area contributed by atoms with Gasteiger partial charge in [-0.3, -0.25) is 0 Å². The van der Waals surface area contributed by atoms with Crippen molar-refractivity contribution < 1.29 is 4.39 Å². The van der Waals surface area contributed by atoms with Gasteiger partial charge in [0.25, 0.3) is 0 Å². The molecule has 1 aromatic heterocycles. The second-order valence-corrected chi connectivity index (χ2v) is 3.87. The minimum Gasteiger partial charge on any atom is -0.336 e. The van der Waals surface area contributed by atoms with Crippen LogP contribution in [0.5, 0.6) is 0 Å². The number of halogens is 1. The first-order chi connectivity index (χ1) is 8.81. The molecule has 2 aromatic rings. The van der Waals surface area contributed by atoms with E-state index in [1.165, 1.54) is 6.07 Å². The third-order valence-corrected chi connectivity index (χ3v) is 2.62. The van der Waals surface area contributed by atoms with Gasteiger partial charge in [-0.25, -0.2) is 9.37 Å². The number of rotatable bonds is 5.